The van der Waals surface area contributed by atoms with E-state index in [1.54, 1.807) is 12.1 Å². The lowest BCUT2D eigenvalue weighted by atomic mass is 10.2. The van der Waals surface area contributed by atoms with Crippen molar-refractivity contribution < 1.29 is 0 Å². The highest BCUT2D eigenvalue weighted by molar-refractivity contribution is 6.42. The molecular formula is C13H10Cl2N4. The molecule has 3 rings (SSSR count). The number of nitrogens with one attached hydrogen (secondary N) is 1. The van der Waals surface area contributed by atoms with E-state index in [0.29, 0.717) is 10.0 Å². The lowest BCUT2D eigenvalue weighted by Gasteiger charge is -2.01. The van der Waals surface area contributed by atoms with Crippen LogP contribution in [0.4, 0.5) is 0 Å². The minimum Gasteiger partial charge on any atom is -0.338 e. The molecule has 0 saturated heterocycles. The maximum atomic E-state index is 6.00. The summed E-state index contributed by atoms with van der Waals surface area (Å²) in [5, 5.41) is 9.11. The number of hydrogen-bond donors (Lipinski definition) is 1. The summed E-state index contributed by atoms with van der Waals surface area (Å²) in [4.78, 5) is 7.75. The van der Waals surface area contributed by atoms with E-state index in [9.17, 15) is 0 Å². The fourth-order valence-electron chi connectivity index (χ4n) is 1.92. The Bertz CT molecular complexity index is 741. The SMILES string of the molecule is Cc1cc(-c2nc3cc(Cl)c(Cl)cc3[nH]2)c(C)nn1. The van der Waals surface area contributed by atoms with Gasteiger partial charge < -0.3 is 4.98 Å². The zero-order valence-electron chi connectivity index (χ0n) is 10.3. The predicted octanol–water partition coefficient (Wildman–Crippen LogP) is 3.94. The Hall–Kier alpha value is -1.65. The largest absolute Gasteiger partial charge is 0.338 e. The highest BCUT2D eigenvalue weighted by Crippen LogP contribution is 2.29. The summed E-state index contributed by atoms with van der Waals surface area (Å²) in [5.74, 6) is 0.740. The number of imidazole rings is 1. The average molecular weight is 293 g/mol. The Morgan fingerprint density at radius 1 is 1.00 bits per heavy atom. The molecule has 0 aliphatic heterocycles. The van der Waals surface area contributed by atoms with Crippen molar-refractivity contribution in [2.75, 3.05) is 0 Å². The van der Waals surface area contributed by atoms with Crippen molar-refractivity contribution in [1.82, 2.24) is 20.2 Å². The highest BCUT2D eigenvalue weighted by atomic mass is 35.5. The molecule has 2 aromatic heterocycles. The normalized spacial score (nSPS) is 11.2. The average Bonchev–Trinajstić information content (AvgIpc) is 2.75. The van der Waals surface area contributed by atoms with Crippen LogP contribution in [0, 0.1) is 13.8 Å². The van der Waals surface area contributed by atoms with E-state index in [-0.39, 0.29) is 0 Å². The van der Waals surface area contributed by atoms with Gasteiger partial charge in [0.2, 0.25) is 0 Å². The van der Waals surface area contributed by atoms with Crippen LogP contribution in [0.1, 0.15) is 11.4 Å². The van der Waals surface area contributed by atoms with E-state index in [0.717, 1.165) is 33.8 Å². The molecule has 0 amide bonds. The van der Waals surface area contributed by atoms with Gasteiger partial charge in [0.05, 0.1) is 32.5 Å². The van der Waals surface area contributed by atoms with Gasteiger partial charge in [0.25, 0.3) is 0 Å². The molecule has 2 heterocycles. The van der Waals surface area contributed by atoms with Crippen molar-refractivity contribution in [3.05, 3.63) is 39.6 Å². The first-order valence-electron chi connectivity index (χ1n) is 5.70. The number of aromatic amines is 1. The maximum absolute atomic E-state index is 6.00. The maximum Gasteiger partial charge on any atom is 0.140 e. The predicted molar refractivity (Wildman–Crippen MR) is 76.6 cm³/mol. The topological polar surface area (TPSA) is 54.5 Å². The molecule has 0 radical (unpaired) electrons. The number of aromatic nitrogens is 4. The van der Waals surface area contributed by atoms with Crippen molar-refractivity contribution in [3.8, 4) is 11.4 Å². The van der Waals surface area contributed by atoms with Gasteiger partial charge in [-0.3, -0.25) is 0 Å². The van der Waals surface area contributed by atoms with Crippen molar-refractivity contribution in [1.29, 1.82) is 0 Å². The number of H-pyrrole nitrogens is 1. The number of nitrogens with zero attached hydrogens (tertiary/aromatic N) is 3. The summed E-state index contributed by atoms with van der Waals surface area (Å²) in [7, 11) is 0. The molecule has 0 saturated carbocycles. The number of rotatable bonds is 1. The second kappa shape index (κ2) is 4.47. The Kier molecular flexibility index (Phi) is 2.92. The molecule has 0 bridgehead atoms. The first kappa shape index (κ1) is 12.4. The van der Waals surface area contributed by atoms with Crippen LogP contribution >= 0.6 is 23.2 Å². The van der Waals surface area contributed by atoms with Gasteiger partial charge in [-0.15, -0.1) is 0 Å². The fourth-order valence-corrected chi connectivity index (χ4v) is 2.24. The summed E-state index contributed by atoms with van der Waals surface area (Å²) in [5.41, 5.74) is 4.21. The summed E-state index contributed by atoms with van der Waals surface area (Å²) in [6, 6.07) is 5.46. The van der Waals surface area contributed by atoms with E-state index in [2.05, 4.69) is 20.2 Å². The second-order valence-corrected chi connectivity index (χ2v) is 5.17. The first-order chi connectivity index (χ1) is 9.04. The van der Waals surface area contributed by atoms with Crippen LogP contribution in [0.3, 0.4) is 0 Å². The fraction of sp³-hybridized carbons (Fsp3) is 0.154. The Morgan fingerprint density at radius 2 is 1.74 bits per heavy atom. The number of benzene rings is 1. The second-order valence-electron chi connectivity index (χ2n) is 4.35. The van der Waals surface area contributed by atoms with Crippen LogP contribution in [0.2, 0.25) is 10.0 Å². The minimum absolute atomic E-state index is 0.493. The molecule has 96 valence electrons. The van der Waals surface area contributed by atoms with Crippen molar-refractivity contribution in [3.63, 3.8) is 0 Å². The van der Waals surface area contributed by atoms with Gasteiger partial charge in [-0.1, -0.05) is 23.2 Å². The van der Waals surface area contributed by atoms with Crippen molar-refractivity contribution in [2.45, 2.75) is 13.8 Å². The van der Waals surface area contributed by atoms with Crippen LogP contribution in [-0.4, -0.2) is 20.2 Å². The lowest BCUT2D eigenvalue weighted by molar-refractivity contribution is 0.940. The molecule has 3 aromatic rings. The molecule has 1 N–H and O–H groups in total. The third kappa shape index (κ3) is 2.17. The summed E-state index contributed by atoms with van der Waals surface area (Å²) in [6.45, 7) is 3.79. The zero-order valence-corrected chi connectivity index (χ0v) is 11.8. The molecule has 1 aromatic carbocycles. The van der Waals surface area contributed by atoms with Crippen LogP contribution in [0.15, 0.2) is 18.2 Å². The van der Waals surface area contributed by atoms with Gasteiger partial charge >= 0.3 is 0 Å². The molecule has 0 aliphatic rings. The number of hydrogen-bond acceptors (Lipinski definition) is 3. The Balaban J connectivity index is 2.23. The van der Waals surface area contributed by atoms with Crippen LogP contribution in [0.25, 0.3) is 22.4 Å². The minimum atomic E-state index is 0.493. The Morgan fingerprint density at radius 3 is 2.53 bits per heavy atom. The van der Waals surface area contributed by atoms with E-state index in [4.69, 9.17) is 23.2 Å². The van der Waals surface area contributed by atoms with E-state index in [1.807, 2.05) is 19.9 Å². The number of halogens is 2. The monoisotopic (exact) mass is 292 g/mol. The van der Waals surface area contributed by atoms with Gasteiger partial charge in [-0.25, -0.2) is 4.98 Å². The zero-order chi connectivity index (χ0) is 13.6. The van der Waals surface area contributed by atoms with Gasteiger partial charge in [0.15, 0.2) is 0 Å². The third-order valence-electron chi connectivity index (χ3n) is 2.88. The summed E-state index contributed by atoms with van der Waals surface area (Å²) in [6.07, 6.45) is 0. The van der Waals surface area contributed by atoms with E-state index < -0.39 is 0 Å². The van der Waals surface area contributed by atoms with E-state index in [1.165, 1.54) is 0 Å². The molecule has 4 nitrogen and oxygen atoms in total. The van der Waals surface area contributed by atoms with Gasteiger partial charge in [-0.05, 0) is 32.0 Å². The molecule has 0 fully saturated rings. The third-order valence-corrected chi connectivity index (χ3v) is 3.60. The standard InChI is InChI=1S/C13H10Cl2N4/c1-6-3-8(7(2)19-18-6)13-16-11-4-9(14)10(15)5-12(11)17-13/h3-5H,1-2H3,(H,16,17). The molecule has 19 heavy (non-hydrogen) atoms. The molecule has 0 aliphatic carbocycles. The Labute approximate surface area is 119 Å². The summed E-state index contributed by atoms with van der Waals surface area (Å²) < 4.78 is 0. The molecular weight excluding hydrogens is 283 g/mol. The number of aryl methyl sites for hydroxylation is 2. The van der Waals surface area contributed by atoms with Crippen LogP contribution in [-0.2, 0) is 0 Å². The smallest absolute Gasteiger partial charge is 0.140 e. The molecule has 0 unspecified atom stereocenters. The molecule has 0 atom stereocenters. The van der Waals surface area contributed by atoms with Crippen molar-refractivity contribution >= 4 is 34.2 Å². The van der Waals surface area contributed by atoms with Crippen LogP contribution < -0.4 is 0 Å². The van der Waals surface area contributed by atoms with Gasteiger partial charge in [-0.2, -0.15) is 10.2 Å². The highest BCUT2D eigenvalue weighted by Gasteiger charge is 2.11. The molecule has 0 spiro atoms. The lowest BCUT2D eigenvalue weighted by Crippen LogP contribution is -1.94. The quantitative estimate of drug-likeness (QED) is 0.739. The summed E-state index contributed by atoms with van der Waals surface area (Å²) >= 11 is 12.0. The van der Waals surface area contributed by atoms with Gasteiger partial charge in [0.1, 0.15) is 5.82 Å². The first-order valence-corrected chi connectivity index (χ1v) is 6.46. The number of fused-ring (bicyclic) bond motifs is 1. The molecule has 6 heteroatoms. The van der Waals surface area contributed by atoms with Crippen LogP contribution in [0.5, 0.6) is 0 Å². The van der Waals surface area contributed by atoms with E-state index >= 15 is 0 Å². The van der Waals surface area contributed by atoms with Crippen molar-refractivity contribution in [2.24, 2.45) is 0 Å². The van der Waals surface area contributed by atoms with Gasteiger partial charge in [0, 0.05) is 5.56 Å².